The number of halogens is 1. The molecule has 0 unspecified atom stereocenters. The van der Waals surface area contributed by atoms with Crippen molar-refractivity contribution in [2.75, 3.05) is 30.5 Å². The van der Waals surface area contributed by atoms with E-state index < -0.39 is 0 Å². The molecule has 4 heteroatoms. The van der Waals surface area contributed by atoms with E-state index in [0.717, 1.165) is 23.8 Å². The van der Waals surface area contributed by atoms with Gasteiger partial charge in [0.25, 0.3) is 0 Å². The fraction of sp³-hybridized carbons (Fsp3) is 0.500. The van der Waals surface area contributed by atoms with Crippen LogP contribution in [0.4, 0.5) is 5.82 Å². The first kappa shape index (κ1) is 11.7. The summed E-state index contributed by atoms with van der Waals surface area (Å²) >= 11 is 7.56. The summed E-state index contributed by atoms with van der Waals surface area (Å²) in [7, 11) is 2.05. The first-order chi connectivity index (χ1) is 6.77. The minimum Gasteiger partial charge on any atom is -0.359 e. The van der Waals surface area contributed by atoms with Crippen molar-refractivity contribution >= 4 is 29.2 Å². The van der Waals surface area contributed by atoms with Crippen molar-refractivity contribution in [3.05, 3.63) is 23.9 Å². The third-order valence-corrected chi connectivity index (χ3v) is 2.82. The van der Waals surface area contributed by atoms with E-state index in [1.807, 2.05) is 30.0 Å². The fourth-order valence-electron chi connectivity index (χ4n) is 1.10. The number of alkyl halides is 1. The lowest BCUT2D eigenvalue weighted by atomic mass is 10.3. The second-order valence-electron chi connectivity index (χ2n) is 3.04. The van der Waals surface area contributed by atoms with Crippen LogP contribution in [0.15, 0.2) is 18.2 Å². The van der Waals surface area contributed by atoms with Crippen LogP contribution in [0.1, 0.15) is 5.69 Å². The van der Waals surface area contributed by atoms with Gasteiger partial charge in [-0.15, -0.1) is 11.6 Å². The molecule has 14 heavy (non-hydrogen) atoms. The molecule has 0 aromatic carbocycles. The molecule has 0 fully saturated rings. The summed E-state index contributed by atoms with van der Waals surface area (Å²) < 4.78 is 0. The molecule has 0 N–H and O–H groups in total. The topological polar surface area (TPSA) is 16.1 Å². The van der Waals surface area contributed by atoms with Crippen LogP contribution in [0.25, 0.3) is 0 Å². The maximum absolute atomic E-state index is 5.72. The van der Waals surface area contributed by atoms with E-state index >= 15 is 0 Å². The summed E-state index contributed by atoms with van der Waals surface area (Å²) in [6, 6.07) is 5.95. The summed E-state index contributed by atoms with van der Waals surface area (Å²) in [5.74, 6) is 2.59. The summed E-state index contributed by atoms with van der Waals surface area (Å²) in [5, 5.41) is 0. The average Bonchev–Trinajstić information content (AvgIpc) is 2.26. The Bertz CT molecular complexity index is 281. The molecule has 0 aliphatic heterocycles. The Morgan fingerprint density at radius 1 is 1.50 bits per heavy atom. The molecular formula is C10H15ClN2S. The van der Waals surface area contributed by atoms with Gasteiger partial charge in [-0.1, -0.05) is 6.07 Å². The van der Waals surface area contributed by atoms with E-state index in [-0.39, 0.29) is 0 Å². The lowest BCUT2D eigenvalue weighted by molar-refractivity contribution is 0.936. The molecule has 0 saturated heterocycles. The van der Waals surface area contributed by atoms with Gasteiger partial charge in [-0.3, -0.25) is 0 Å². The summed E-state index contributed by atoms with van der Waals surface area (Å²) in [6.45, 7) is 1.01. The first-order valence-electron chi connectivity index (χ1n) is 4.50. The quantitative estimate of drug-likeness (QED) is 0.724. The zero-order valence-corrected chi connectivity index (χ0v) is 10.1. The number of aromatic nitrogens is 1. The van der Waals surface area contributed by atoms with Crippen LogP contribution in [0.3, 0.4) is 0 Å². The van der Waals surface area contributed by atoms with E-state index in [0.29, 0.717) is 5.88 Å². The van der Waals surface area contributed by atoms with Crippen molar-refractivity contribution in [1.29, 1.82) is 0 Å². The highest BCUT2D eigenvalue weighted by molar-refractivity contribution is 7.98. The van der Waals surface area contributed by atoms with Crippen LogP contribution >= 0.6 is 23.4 Å². The highest BCUT2D eigenvalue weighted by Gasteiger charge is 2.02. The van der Waals surface area contributed by atoms with Crippen LogP contribution in [-0.4, -0.2) is 30.6 Å². The monoisotopic (exact) mass is 230 g/mol. The SMILES string of the molecule is CSCCN(C)c1cccc(CCl)n1. The van der Waals surface area contributed by atoms with Crippen LogP contribution in [0.5, 0.6) is 0 Å². The van der Waals surface area contributed by atoms with Crippen molar-refractivity contribution in [1.82, 2.24) is 4.98 Å². The van der Waals surface area contributed by atoms with Gasteiger partial charge >= 0.3 is 0 Å². The van der Waals surface area contributed by atoms with Crippen molar-refractivity contribution in [2.24, 2.45) is 0 Å². The first-order valence-corrected chi connectivity index (χ1v) is 6.42. The van der Waals surface area contributed by atoms with Crippen molar-refractivity contribution in [3.63, 3.8) is 0 Å². The van der Waals surface area contributed by atoms with E-state index in [2.05, 4.69) is 23.2 Å². The molecule has 0 aliphatic rings. The molecule has 0 radical (unpaired) electrons. The molecule has 1 rings (SSSR count). The summed E-state index contributed by atoms with van der Waals surface area (Å²) in [5.41, 5.74) is 0.931. The third kappa shape index (κ3) is 3.39. The number of hydrogen-bond donors (Lipinski definition) is 0. The van der Waals surface area contributed by atoms with Crippen LogP contribution < -0.4 is 4.90 Å². The lowest BCUT2D eigenvalue weighted by Crippen LogP contribution is -2.21. The highest BCUT2D eigenvalue weighted by atomic mass is 35.5. The van der Waals surface area contributed by atoms with Crippen LogP contribution in [0.2, 0.25) is 0 Å². The Labute approximate surface area is 94.7 Å². The molecule has 0 saturated carbocycles. The predicted molar refractivity (Wildman–Crippen MR) is 65.4 cm³/mol. The van der Waals surface area contributed by atoms with E-state index in [9.17, 15) is 0 Å². The highest BCUT2D eigenvalue weighted by Crippen LogP contribution is 2.11. The number of pyridine rings is 1. The second kappa shape index (κ2) is 6.14. The molecule has 1 aromatic heterocycles. The Hall–Kier alpha value is -0.410. The molecule has 0 amide bonds. The minimum absolute atomic E-state index is 0.476. The zero-order chi connectivity index (χ0) is 10.4. The summed E-state index contributed by atoms with van der Waals surface area (Å²) in [4.78, 5) is 6.57. The largest absolute Gasteiger partial charge is 0.359 e. The molecule has 2 nitrogen and oxygen atoms in total. The normalized spacial score (nSPS) is 10.2. The van der Waals surface area contributed by atoms with Crippen molar-refractivity contribution in [2.45, 2.75) is 5.88 Å². The minimum atomic E-state index is 0.476. The van der Waals surface area contributed by atoms with Gasteiger partial charge in [0.1, 0.15) is 5.82 Å². The molecular weight excluding hydrogens is 216 g/mol. The van der Waals surface area contributed by atoms with Gasteiger partial charge in [-0.25, -0.2) is 4.98 Å². The Morgan fingerprint density at radius 3 is 2.93 bits per heavy atom. The van der Waals surface area contributed by atoms with Gasteiger partial charge in [-0.2, -0.15) is 11.8 Å². The fourth-order valence-corrected chi connectivity index (χ4v) is 1.70. The number of rotatable bonds is 5. The number of hydrogen-bond acceptors (Lipinski definition) is 3. The van der Waals surface area contributed by atoms with Crippen LogP contribution in [0, 0.1) is 0 Å². The maximum atomic E-state index is 5.72. The van der Waals surface area contributed by atoms with Gasteiger partial charge in [-0.05, 0) is 18.4 Å². The van der Waals surface area contributed by atoms with Gasteiger partial charge in [0, 0.05) is 19.3 Å². The number of nitrogens with zero attached hydrogens (tertiary/aromatic N) is 2. The number of thioether (sulfide) groups is 1. The molecule has 0 bridgehead atoms. The molecule has 0 spiro atoms. The van der Waals surface area contributed by atoms with Crippen molar-refractivity contribution in [3.8, 4) is 0 Å². The van der Waals surface area contributed by atoms with Crippen molar-refractivity contribution < 1.29 is 0 Å². The smallest absolute Gasteiger partial charge is 0.128 e. The maximum Gasteiger partial charge on any atom is 0.128 e. The van der Waals surface area contributed by atoms with E-state index in [1.165, 1.54) is 0 Å². The van der Waals surface area contributed by atoms with Gasteiger partial charge in [0.05, 0.1) is 11.6 Å². The van der Waals surface area contributed by atoms with Crippen LogP contribution in [-0.2, 0) is 5.88 Å². The summed E-state index contributed by atoms with van der Waals surface area (Å²) in [6.07, 6.45) is 2.11. The Kier molecular flexibility index (Phi) is 5.12. The molecule has 0 atom stereocenters. The zero-order valence-electron chi connectivity index (χ0n) is 8.53. The standard InChI is InChI=1S/C10H15ClN2S/c1-13(6-7-14-2)10-5-3-4-9(8-11)12-10/h3-5H,6-8H2,1-2H3. The van der Waals surface area contributed by atoms with Gasteiger partial charge in [0.15, 0.2) is 0 Å². The van der Waals surface area contributed by atoms with E-state index in [1.54, 1.807) is 0 Å². The Balaban J connectivity index is 2.64. The third-order valence-electron chi connectivity index (χ3n) is 1.95. The molecule has 0 aliphatic carbocycles. The number of anilines is 1. The van der Waals surface area contributed by atoms with E-state index in [4.69, 9.17) is 11.6 Å². The molecule has 78 valence electrons. The second-order valence-corrected chi connectivity index (χ2v) is 4.29. The molecule has 1 heterocycles. The van der Waals surface area contributed by atoms with Gasteiger partial charge < -0.3 is 4.90 Å². The lowest BCUT2D eigenvalue weighted by Gasteiger charge is -2.17. The predicted octanol–water partition coefficient (Wildman–Crippen LogP) is 2.62. The average molecular weight is 231 g/mol. The van der Waals surface area contributed by atoms with Gasteiger partial charge in [0.2, 0.25) is 0 Å². The molecule has 1 aromatic rings. The Morgan fingerprint density at radius 2 is 2.29 bits per heavy atom.